The Kier molecular flexibility index (Phi) is 5.24. The summed E-state index contributed by atoms with van der Waals surface area (Å²) < 4.78 is 0. The molecule has 6 heteroatoms. The van der Waals surface area contributed by atoms with Gasteiger partial charge in [0.05, 0.1) is 6.54 Å². The largest absolute Gasteiger partial charge is 0.479 e. The van der Waals surface area contributed by atoms with Crippen LogP contribution in [0.2, 0.25) is 0 Å². The molecule has 0 spiro atoms. The van der Waals surface area contributed by atoms with Gasteiger partial charge in [0.15, 0.2) is 6.10 Å². The number of nitrogens with one attached hydrogen (secondary N) is 1. The number of carbonyl (C=O) groups excluding carboxylic acids is 1. The molecular formula is C9H18N2O4. The number of carboxylic acids is 1. The Balaban J connectivity index is 3.72. The third kappa shape index (κ3) is 7.90. The minimum atomic E-state index is -1.56. The molecule has 0 aliphatic rings. The van der Waals surface area contributed by atoms with Crippen LogP contribution in [0, 0.1) is 0 Å². The maximum atomic E-state index is 11.1. The predicted molar refractivity (Wildman–Crippen MR) is 54.2 cm³/mol. The van der Waals surface area contributed by atoms with Gasteiger partial charge in [-0.15, -0.1) is 0 Å². The van der Waals surface area contributed by atoms with E-state index in [9.17, 15) is 9.59 Å². The first-order valence-electron chi connectivity index (χ1n) is 4.69. The molecule has 0 unspecified atom stereocenters. The van der Waals surface area contributed by atoms with Crippen molar-refractivity contribution in [1.82, 2.24) is 5.32 Å². The number of aliphatic carboxylic acids is 1. The van der Waals surface area contributed by atoms with Crippen LogP contribution in [-0.2, 0) is 9.59 Å². The second kappa shape index (κ2) is 5.67. The van der Waals surface area contributed by atoms with E-state index in [-0.39, 0.29) is 18.9 Å². The summed E-state index contributed by atoms with van der Waals surface area (Å²) in [7, 11) is 0. The van der Waals surface area contributed by atoms with Crippen LogP contribution in [0.5, 0.6) is 0 Å². The van der Waals surface area contributed by atoms with Gasteiger partial charge in [-0.2, -0.15) is 0 Å². The lowest BCUT2D eigenvalue weighted by Crippen LogP contribution is -2.38. The van der Waals surface area contributed by atoms with E-state index < -0.39 is 17.6 Å². The molecule has 0 aliphatic heterocycles. The van der Waals surface area contributed by atoms with Gasteiger partial charge >= 0.3 is 5.97 Å². The molecular weight excluding hydrogens is 200 g/mol. The molecule has 0 saturated carbocycles. The molecule has 0 bridgehead atoms. The van der Waals surface area contributed by atoms with Gasteiger partial charge in [-0.05, 0) is 20.3 Å². The Morgan fingerprint density at radius 2 is 2.00 bits per heavy atom. The van der Waals surface area contributed by atoms with Crippen molar-refractivity contribution in [2.75, 3.05) is 6.54 Å². The molecule has 0 aliphatic carbocycles. The summed E-state index contributed by atoms with van der Waals surface area (Å²) in [6.45, 7) is 3.32. The second-order valence-corrected chi connectivity index (χ2v) is 4.15. The zero-order valence-electron chi connectivity index (χ0n) is 8.99. The van der Waals surface area contributed by atoms with Crippen LogP contribution in [0.4, 0.5) is 0 Å². The van der Waals surface area contributed by atoms with Crippen molar-refractivity contribution >= 4 is 11.9 Å². The number of nitrogens with two attached hydrogens (primary N) is 1. The summed E-state index contributed by atoms with van der Waals surface area (Å²) in [5, 5.41) is 19.5. The third-order valence-electron chi connectivity index (χ3n) is 1.77. The zero-order valence-corrected chi connectivity index (χ0v) is 8.99. The first-order valence-corrected chi connectivity index (χ1v) is 4.69. The van der Waals surface area contributed by atoms with Crippen molar-refractivity contribution < 1.29 is 19.8 Å². The quantitative estimate of drug-likeness (QED) is 0.460. The van der Waals surface area contributed by atoms with Crippen molar-refractivity contribution in [2.45, 2.75) is 38.3 Å². The van der Waals surface area contributed by atoms with Gasteiger partial charge in [0.2, 0.25) is 5.91 Å². The Bertz CT molecular complexity index is 235. The van der Waals surface area contributed by atoms with E-state index in [4.69, 9.17) is 15.9 Å². The van der Waals surface area contributed by atoms with Gasteiger partial charge in [-0.1, -0.05) is 0 Å². The van der Waals surface area contributed by atoms with Crippen LogP contribution in [0.1, 0.15) is 26.7 Å². The molecule has 0 radical (unpaired) electrons. The summed E-state index contributed by atoms with van der Waals surface area (Å²) in [4.78, 5) is 21.4. The average molecular weight is 218 g/mol. The summed E-state index contributed by atoms with van der Waals surface area (Å²) in [5.74, 6) is -1.66. The Hall–Kier alpha value is -1.14. The summed E-state index contributed by atoms with van der Waals surface area (Å²) >= 11 is 0. The van der Waals surface area contributed by atoms with Crippen molar-refractivity contribution in [3.63, 3.8) is 0 Å². The number of aliphatic hydroxyl groups is 1. The Morgan fingerprint density at radius 1 is 1.47 bits per heavy atom. The number of aliphatic hydroxyl groups excluding tert-OH is 1. The predicted octanol–water partition coefficient (Wildman–Crippen LogP) is -0.934. The van der Waals surface area contributed by atoms with Gasteiger partial charge in [0, 0.05) is 12.0 Å². The SMILES string of the molecule is CC(C)(N)CCC(=O)NC[C@H](O)C(=O)O. The van der Waals surface area contributed by atoms with Crippen LogP contribution in [0.25, 0.3) is 0 Å². The van der Waals surface area contributed by atoms with E-state index in [1.807, 2.05) is 0 Å². The molecule has 5 N–H and O–H groups in total. The zero-order chi connectivity index (χ0) is 12.1. The third-order valence-corrected chi connectivity index (χ3v) is 1.77. The van der Waals surface area contributed by atoms with E-state index in [0.29, 0.717) is 6.42 Å². The molecule has 1 amide bonds. The first kappa shape index (κ1) is 13.9. The lowest BCUT2D eigenvalue weighted by atomic mass is 10.00. The molecule has 0 rings (SSSR count). The molecule has 0 aromatic carbocycles. The summed E-state index contributed by atoms with van der Waals surface area (Å²) in [5.41, 5.74) is 5.24. The van der Waals surface area contributed by atoms with Gasteiger partial charge < -0.3 is 21.3 Å². The minimum Gasteiger partial charge on any atom is -0.479 e. The number of carboxylic acid groups (broad SMARTS) is 1. The monoisotopic (exact) mass is 218 g/mol. The van der Waals surface area contributed by atoms with Crippen molar-refractivity contribution in [1.29, 1.82) is 0 Å². The molecule has 1 atom stereocenters. The highest BCUT2D eigenvalue weighted by Gasteiger charge is 2.16. The van der Waals surface area contributed by atoms with E-state index >= 15 is 0 Å². The van der Waals surface area contributed by atoms with Gasteiger partial charge in [0.25, 0.3) is 0 Å². The molecule has 0 heterocycles. The fourth-order valence-electron chi connectivity index (χ4n) is 0.822. The van der Waals surface area contributed by atoms with Crippen LogP contribution in [0.3, 0.4) is 0 Å². The Morgan fingerprint density at radius 3 is 2.40 bits per heavy atom. The van der Waals surface area contributed by atoms with Crippen LogP contribution in [-0.4, -0.2) is 40.3 Å². The lowest BCUT2D eigenvalue weighted by Gasteiger charge is -2.17. The van der Waals surface area contributed by atoms with E-state index in [0.717, 1.165) is 0 Å². The van der Waals surface area contributed by atoms with Gasteiger partial charge in [-0.3, -0.25) is 4.79 Å². The fraction of sp³-hybridized carbons (Fsp3) is 0.778. The number of hydrogen-bond donors (Lipinski definition) is 4. The molecule has 15 heavy (non-hydrogen) atoms. The maximum Gasteiger partial charge on any atom is 0.334 e. The fourth-order valence-corrected chi connectivity index (χ4v) is 0.822. The lowest BCUT2D eigenvalue weighted by molar-refractivity contribution is -0.146. The number of hydrogen-bond acceptors (Lipinski definition) is 4. The first-order chi connectivity index (χ1) is 6.72. The number of rotatable bonds is 6. The second-order valence-electron chi connectivity index (χ2n) is 4.15. The standard InChI is InChI=1S/C9H18N2O4/c1-9(2,10)4-3-7(13)11-5-6(12)8(14)15/h6,12H,3-5,10H2,1-2H3,(H,11,13)(H,14,15)/t6-/m0/s1. The molecule has 0 aromatic rings. The Labute approximate surface area is 88.5 Å². The molecule has 0 fully saturated rings. The average Bonchev–Trinajstić information content (AvgIpc) is 2.09. The maximum absolute atomic E-state index is 11.1. The van der Waals surface area contributed by atoms with Crippen LogP contribution in [0.15, 0.2) is 0 Å². The molecule has 6 nitrogen and oxygen atoms in total. The van der Waals surface area contributed by atoms with Gasteiger partial charge in [0.1, 0.15) is 0 Å². The molecule has 88 valence electrons. The highest BCUT2D eigenvalue weighted by molar-refractivity contribution is 5.78. The summed E-state index contributed by atoms with van der Waals surface area (Å²) in [6, 6.07) is 0. The van der Waals surface area contributed by atoms with Crippen LogP contribution >= 0.6 is 0 Å². The van der Waals surface area contributed by atoms with Crippen molar-refractivity contribution in [2.24, 2.45) is 5.73 Å². The molecule has 0 aromatic heterocycles. The topological polar surface area (TPSA) is 113 Å². The minimum absolute atomic E-state index is 0.218. The van der Waals surface area contributed by atoms with Crippen molar-refractivity contribution in [3.8, 4) is 0 Å². The van der Waals surface area contributed by atoms with Crippen molar-refractivity contribution in [3.05, 3.63) is 0 Å². The normalized spacial score (nSPS) is 13.3. The highest BCUT2D eigenvalue weighted by atomic mass is 16.4. The highest BCUT2D eigenvalue weighted by Crippen LogP contribution is 2.06. The van der Waals surface area contributed by atoms with Crippen LogP contribution < -0.4 is 11.1 Å². The molecule has 0 saturated heterocycles. The van der Waals surface area contributed by atoms with E-state index in [1.165, 1.54) is 0 Å². The van der Waals surface area contributed by atoms with Gasteiger partial charge in [-0.25, -0.2) is 4.79 Å². The van der Waals surface area contributed by atoms with E-state index in [1.54, 1.807) is 13.8 Å². The number of carbonyl (C=O) groups is 2. The number of amides is 1. The van der Waals surface area contributed by atoms with E-state index in [2.05, 4.69) is 5.32 Å². The smallest absolute Gasteiger partial charge is 0.334 e. The summed E-state index contributed by atoms with van der Waals surface area (Å²) in [6.07, 6.45) is -0.836.